The molecule has 8 nitrogen and oxygen atoms in total. The lowest BCUT2D eigenvalue weighted by molar-refractivity contribution is -0.143. The number of aliphatic hydroxyl groups is 2. The van der Waals surface area contributed by atoms with E-state index in [4.69, 9.17) is 9.47 Å². The van der Waals surface area contributed by atoms with E-state index in [1.165, 1.54) is 14.2 Å². The average molecular weight is 846 g/mol. The molecule has 2 amide bonds. The zero-order chi connectivity index (χ0) is 38.1. The first kappa shape index (κ1) is 39.3. The molecule has 0 saturated carbocycles. The highest BCUT2D eigenvalue weighted by Gasteiger charge is 2.56. The molecule has 0 bridgehead atoms. The number of carbonyl (C=O) groups excluding carboxylic acids is 2. The molecule has 4 atom stereocenters. The van der Waals surface area contributed by atoms with Crippen molar-refractivity contribution in [3.8, 4) is 11.5 Å². The number of phenolic OH excluding ortho intramolecular Hbond substituents is 1. The number of aromatic hydroxyl groups is 1. The first-order valence-corrected chi connectivity index (χ1v) is 17.1. The molecule has 15 heteroatoms. The molecule has 1 heterocycles. The Morgan fingerprint density at radius 3 is 2.17 bits per heavy atom. The van der Waals surface area contributed by atoms with Gasteiger partial charge in [-0.25, -0.2) is 4.90 Å². The van der Waals surface area contributed by atoms with Gasteiger partial charge in [-0.1, -0.05) is 36.4 Å². The second-order valence-corrected chi connectivity index (χ2v) is 13.7. The summed E-state index contributed by atoms with van der Waals surface area (Å²) >= 11 is 1.97. The van der Waals surface area contributed by atoms with Gasteiger partial charge in [0.25, 0.3) is 0 Å². The zero-order valence-electron chi connectivity index (χ0n) is 27.8. The minimum Gasteiger partial charge on any atom is -0.504 e. The number of alkyl halides is 6. The van der Waals surface area contributed by atoms with Gasteiger partial charge in [0.2, 0.25) is 11.8 Å². The maximum atomic E-state index is 13.9. The van der Waals surface area contributed by atoms with Crippen molar-refractivity contribution in [2.24, 2.45) is 17.8 Å². The van der Waals surface area contributed by atoms with Crippen LogP contribution >= 0.6 is 22.6 Å². The van der Waals surface area contributed by atoms with E-state index in [1.807, 2.05) is 59.0 Å². The van der Waals surface area contributed by atoms with E-state index in [-0.39, 0.29) is 49.0 Å². The third kappa shape index (κ3) is 8.01. The molecule has 3 aromatic rings. The summed E-state index contributed by atoms with van der Waals surface area (Å²) in [5, 5.41) is 32.7. The summed E-state index contributed by atoms with van der Waals surface area (Å²) in [5.41, 5.74) is -1.38. The van der Waals surface area contributed by atoms with Gasteiger partial charge < -0.3 is 24.8 Å². The number of hydrogen-bond donors (Lipinski definition) is 3. The predicted octanol–water partition coefficient (Wildman–Crippen LogP) is 7.49. The number of hydrogen-bond acceptors (Lipinski definition) is 7. The van der Waals surface area contributed by atoms with E-state index in [0.717, 1.165) is 11.1 Å². The highest BCUT2D eigenvalue weighted by molar-refractivity contribution is 14.1. The molecule has 2 aliphatic rings. The number of fused-ring (bicyclic) bond motifs is 1. The van der Waals surface area contributed by atoms with Crippen LogP contribution in [-0.4, -0.2) is 60.7 Å². The van der Waals surface area contributed by atoms with E-state index in [0.29, 0.717) is 31.7 Å². The van der Waals surface area contributed by atoms with Gasteiger partial charge in [-0.05, 0) is 100 Å². The zero-order valence-corrected chi connectivity index (χ0v) is 29.9. The lowest BCUT2D eigenvalue weighted by atomic mass is 9.68. The summed E-state index contributed by atoms with van der Waals surface area (Å²) in [6.07, 6.45) is -9.74. The van der Waals surface area contributed by atoms with Crippen LogP contribution in [-0.2, 0) is 26.7 Å². The van der Waals surface area contributed by atoms with Crippen molar-refractivity contribution in [1.29, 1.82) is 0 Å². The molecule has 0 radical (unpaired) electrons. The largest absolute Gasteiger partial charge is 0.504 e. The summed E-state index contributed by atoms with van der Waals surface area (Å²) in [7, 11) is 2.78. The molecule has 3 aromatic carbocycles. The summed E-state index contributed by atoms with van der Waals surface area (Å²) in [6.45, 7) is -0.875. The molecule has 0 unspecified atom stereocenters. The van der Waals surface area contributed by atoms with Crippen molar-refractivity contribution in [3.05, 3.63) is 97.6 Å². The molecule has 52 heavy (non-hydrogen) atoms. The number of allylic oxidation sites excluding steroid dienone is 1. The van der Waals surface area contributed by atoms with Crippen LogP contribution in [0.3, 0.4) is 0 Å². The second kappa shape index (κ2) is 15.6. The smallest absolute Gasteiger partial charge is 0.416 e. The number of rotatable bonds is 11. The monoisotopic (exact) mass is 845 g/mol. The van der Waals surface area contributed by atoms with Gasteiger partial charge in [0.05, 0.1) is 58.6 Å². The molecular weight excluding hydrogens is 811 g/mol. The van der Waals surface area contributed by atoms with Crippen LogP contribution in [0.1, 0.15) is 41.5 Å². The van der Waals surface area contributed by atoms with Crippen LogP contribution in [0.2, 0.25) is 0 Å². The van der Waals surface area contributed by atoms with Crippen LogP contribution in [0.25, 0.3) is 11.6 Å². The summed E-state index contributed by atoms with van der Waals surface area (Å²) < 4.78 is 93.2. The Kier molecular flexibility index (Phi) is 11.8. The standard InChI is InChI=1S/C37H34F6INO7/c1-51-18-22-13-26-32(35(50)45(34(26)49)25-15-23(36(38,39)40)14-24(16-25)37(41,42)43)27(17-46)31(22)29(47)9-8-21(20-6-4-3-5-7-20)10-19-11-28(44)33(48)30(12-19)52-2/h3-7,10-12,14-16,26-27,29,32,46-48H,8-9,13,17-18H2,1-2H3/b21-10-/t26-,27+,29-,32-/m1/s1. The molecule has 1 aliphatic carbocycles. The maximum absolute atomic E-state index is 13.9. The fraction of sp³-hybridized carbons (Fsp3) is 0.351. The Labute approximate surface area is 308 Å². The lowest BCUT2D eigenvalue weighted by Gasteiger charge is -2.36. The number of benzene rings is 3. The normalized spacial score (nSPS) is 20.4. The third-order valence-corrected chi connectivity index (χ3v) is 10.2. The first-order chi connectivity index (χ1) is 24.5. The van der Waals surface area contributed by atoms with Crippen molar-refractivity contribution in [2.45, 2.75) is 37.7 Å². The van der Waals surface area contributed by atoms with Gasteiger partial charge in [-0.2, -0.15) is 26.3 Å². The van der Waals surface area contributed by atoms with Crippen LogP contribution < -0.4 is 9.64 Å². The molecule has 278 valence electrons. The van der Waals surface area contributed by atoms with E-state index in [2.05, 4.69) is 0 Å². The minimum absolute atomic E-state index is 0.0208. The molecule has 0 spiro atoms. The Hall–Kier alpha value is -3.93. The summed E-state index contributed by atoms with van der Waals surface area (Å²) in [4.78, 5) is 27.9. The summed E-state index contributed by atoms with van der Waals surface area (Å²) in [5.74, 6) is -5.66. The molecule has 0 aromatic heterocycles. The molecule has 1 aliphatic heterocycles. The Morgan fingerprint density at radius 1 is 0.981 bits per heavy atom. The van der Waals surface area contributed by atoms with Gasteiger partial charge in [0, 0.05) is 13.0 Å². The van der Waals surface area contributed by atoms with Gasteiger partial charge in [0.15, 0.2) is 11.5 Å². The molecule has 3 N–H and O–H groups in total. The van der Waals surface area contributed by atoms with E-state index >= 15 is 0 Å². The van der Waals surface area contributed by atoms with E-state index < -0.39 is 71.4 Å². The van der Waals surface area contributed by atoms with Crippen LogP contribution in [0.4, 0.5) is 32.0 Å². The molecular formula is C37H34F6INO7. The first-order valence-electron chi connectivity index (χ1n) is 16.0. The Bertz CT molecular complexity index is 1860. The van der Waals surface area contributed by atoms with E-state index in [9.17, 15) is 51.3 Å². The number of nitrogens with zero attached hydrogens (tertiary/aromatic N) is 1. The third-order valence-electron chi connectivity index (χ3n) is 9.33. The number of methoxy groups -OCH3 is 2. The molecule has 5 rings (SSSR count). The molecule has 1 saturated heterocycles. The highest BCUT2D eigenvalue weighted by atomic mass is 127. The van der Waals surface area contributed by atoms with Crippen LogP contribution in [0.15, 0.2) is 71.8 Å². The van der Waals surface area contributed by atoms with Crippen LogP contribution in [0, 0.1) is 21.3 Å². The number of halogens is 7. The summed E-state index contributed by atoms with van der Waals surface area (Å²) in [6, 6.07) is 13.2. The highest BCUT2D eigenvalue weighted by Crippen LogP contribution is 2.49. The fourth-order valence-corrected chi connectivity index (χ4v) is 7.65. The number of anilines is 1. The quantitative estimate of drug-likeness (QED) is 0.0603. The number of carbonyl (C=O) groups is 2. The van der Waals surface area contributed by atoms with Gasteiger partial charge >= 0.3 is 12.4 Å². The van der Waals surface area contributed by atoms with Crippen LogP contribution in [0.5, 0.6) is 11.5 Å². The van der Waals surface area contributed by atoms with Crippen molar-refractivity contribution in [1.82, 2.24) is 0 Å². The average Bonchev–Trinajstić information content (AvgIpc) is 3.35. The van der Waals surface area contributed by atoms with Gasteiger partial charge in [-0.3, -0.25) is 9.59 Å². The number of imide groups is 1. The molecule has 1 fully saturated rings. The number of aliphatic hydroxyl groups excluding tert-OH is 2. The maximum Gasteiger partial charge on any atom is 0.416 e. The van der Waals surface area contributed by atoms with Crippen molar-refractivity contribution >= 4 is 51.7 Å². The topological polar surface area (TPSA) is 117 Å². The number of phenols is 1. The van der Waals surface area contributed by atoms with Gasteiger partial charge in [-0.15, -0.1) is 0 Å². The number of ether oxygens (including phenoxy) is 2. The fourth-order valence-electron chi connectivity index (χ4n) is 7.02. The minimum atomic E-state index is -5.22. The van der Waals surface area contributed by atoms with E-state index in [1.54, 1.807) is 12.1 Å². The van der Waals surface area contributed by atoms with Crippen molar-refractivity contribution < 1.29 is 60.7 Å². The van der Waals surface area contributed by atoms with Crippen molar-refractivity contribution in [3.63, 3.8) is 0 Å². The Balaban J connectivity index is 1.50. The lowest BCUT2D eigenvalue weighted by Crippen LogP contribution is -2.39. The Morgan fingerprint density at radius 2 is 1.62 bits per heavy atom. The predicted molar refractivity (Wildman–Crippen MR) is 187 cm³/mol. The van der Waals surface area contributed by atoms with Crippen molar-refractivity contribution in [2.75, 3.05) is 32.3 Å². The number of amides is 2. The second-order valence-electron chi connectivity index (χ2n) is 12.5. The van der Waals surface area contributed by atoms with Gasteiger partial charge in [0.1, 0.15) is 0 Å². The SMILES string of the molecule is COCC1=C([C@H](O)CC/C(=C/c2cc(I)c(O)c(OC)c2)c2ccccc2)[C@H](CO)[C@@H]2C(=O)N(c3cc(C(F)(F)F)cc(C(F)(F)F)c3)C(=O)[C@@H]2C1.